The summed E-state index contributed by atoms with van der Waals surface area (Å²) in [5.41, 5.74) is 5.40. The van der Waals surface area contributed by atoms with E-state index in [1.54, 1.807) is 4.90 Å². The first-order valence-corrected chi connectivity index (χ1v) is 6.34. The van der Waals surface area contributed by atoms with Crippen molar-refractivity contribution >= 4 is 5.91 Å². The van der Waals surface area contributed by atoms with E-state index in [4.69, 9.17) is 5.73 Å². The number of halogens is 2. The molecule has 2 rings (SSSR count). The molecule has 1 atom stereocenters. The minimum absolute atomic E-state index is 0.0968. The summed E-state index contributed by atoms with van der Waals surface area (Å²) in [4.78, 5) is 14.0. The number of hydrogen-bond acceptors (Lipinski definition) is 2. The number of benzene rings is 1. The molecule has 1 aromatic rings. The van der Waals surface area contributed by atoms with Gasteiger partial charge in [-0.3, -0.25) is 4.79 Å². The van der Waals surface area contributed by atoms with Crippen LogP contribution in [0, 0.1) is 11.6 Å². The molecular formula is C14H18F2N2O. The third-order valence-corrected chi connectivity index (χ3v) is 3.68. The Morgan fingerprint density at radius 3 is 2.74 bits per heavy atom. The van der Waals surface area contributed by atoms with Crippen molar-refractivity contribution in [2.75, 3.05) is 6.54 Å². The van der Waals surface area contributed by atoms with Crippen molar-refractivity contribution in [1.29, 1.82) is 0 Å². The van der Waals surface area contributed by atoms with Crippen LogP contribution in [0.4, 0.5) is 8.78 Å². The van der Waals surface area contributed by atoms with Crippen molar-refractivity contribution in [2.45, 2.75) is 38.3 Å². The van der Waals surface area contributed by atoms with E-state index < -0.39 is 17.5 Å². The number of hydrogen-bond donors (Lipinski definition) is 1. The van der Waals surface area contributed by atoms with Crippen LogP contribution in [0.2, 0.25) is 0 Å². The quantitative estimate of drug-likeness (QED) is 0.849. The maximum Gasteiger partial charge on any atom is 0.257 e. The van der Waals surface area contributed by atoms with E-state index in [-0.39, 0.29) is 17.1 Å². The molecule has 0 radical (unpaired) electrons. The fraction of sp³-hybridized carbons (Fsp3) is 0.500. The van der Waals surface area contributed by atoms with E-state index in [1.165, 1.54) is 6.07 Å². The van der Waals surface area contributed by atoms with Gasteiger partial charge in [-0.2, -0.15) is 0 Å². The number of piperidine rings is 1. The first kappa shape index (κ1) is 13.9. The minimum atomic E-state index is -0.833. The number of likely N-dealkylation sites (tertiary alicyclic amines) is 1. The van der Waals surface area contributed by atoms with E-state index >= 15 is 0 Å². The summed E-state index contributed by atoms with van der Waals surface area (Å²) in [6, 6.07) is 2.90. The smallest absolute Gasteiger partial charge is 0.257 e. The molecule has 2 N–H and O–H groups in total. The molecule has 1 fully saturated rings. The summed E-state index contributed by atoms with van der Waals surface area (Å²) in [7, 11) is 0. The van der Waals surface area contributed by atoms with Crippen LogP contribution in [-0.4, -0.2) is 28.9 Å². The van der Waals surface area contributed by atoms with Crippen LogP contribution >= 0.6 is 0 Å². The summed E-state index contributed by atoms with van der Waals surface area (Å²) >= 11 is 0. The standard InChI is InChI=1S/C14H18F2N2O/c1-14(2)6-5-10(17)8-18(14)13(19)11-4-3-9(15)7-12(11)16/h3-4,7,10H,5-6,8,17H2,1-2H3. The molecule has 0 bridgehead atoms. The molecule has 5 heteroatoms. The molecule has 1 saturated heterocycles. The summed E-state index contributed by atoms with van der Waals surface area (Å²) in [5, 5.41) is 0. The lowest BCUT2D eigenvalue weighted by Crippen LogP contribution is -2.56. The highest BCUT2D eigenvalue weighted by Gasteiger charge is 2.37. The van der Waals surface area contributed by atoms with E-state index in [1.807, 2.05) is 13.8 Å². The molecule has 1 aliphatic heterocycles. The zero-order valence-electron chi connectivity index (χ0n) is 11.1. The lowest BCUT2D eigenvalue weighted by Gasteiger charge is -2.44. The summed E-state index contributed by atoms with van der Waals surface area (Å²) in [5.74, 6) is -1.96. The topological polar surface area (TPSA) is 46.3 Å². The molecule has 1 aromatic carbocycles. The van der Waals surface area contributed by atoms with Crippen molar-refractivity contribution in [3.63, 3.8) is 0 Å². The lowest BCUT2D eigenvalue weighted by molar-refractivity contribution is 0.0390. The summed E-state index contributed by atoms with van der Waals surface area (Å²) in [6.45, 7) is 4.25. The van der Waals surface area contributed by atoms with Gasteiger partial charge in [-0.15, -0.1) is 0 Å². The van der Waals surface area contributed by atoms with Crippen LogP contribution in [0.5, 0.6) is 0 Å². The van der Waals surface area contributed by atoms with Crippen molar-refractivity contribution < 1.29 is 13.6 Å². The largest absolute Gasteiger partial charge is 0.332 e. The molecule has 1 unspecified atom stereocenters. The van der Waals surface area contributed by atoms with Gasteiger partial charge in [0, 0.05) is 24.2 Å². The predicted molar refractivity (Wildman–Crippen MR) is 68.7 cm³/mol. The molecular weight excluding hydrogens is 250 g/mol. The number of amides is 1. The van der Waals surface area contributed by atoms with Crippen molar-refractivity contribution in [1.82, 2.24) is 4.90 Å². The monoisotopic (exact) mass is 268 g/mol. The van der Waals surface area contributed by atoms with Crippen LogP contribution in [-0.2, 0) is 0 Å². The number of carbonyl (C=O) groups is 1. The van der Waals surface area contributed by atoms with Crippen molar-refractivity contribution in [3.8, 4) is 0 Å². The number of nitrogens with zero attached hydrogens (tertiary/aromatic N) is 1. The Balaban J connectivity index is 2.31. The van der Waals surface area contributed by atoms with Crippen LogP contribution in [0.15, 0.2) is 18.2 Å². The normalized spacial score (nSPS) is 22.4. The lowest BCUT2D eigenvalue weighted by atomic mass is 9.87. The zero-order valence-corrected chi connectivity index (χ0v) is 11.1. The Hall–Kier alpha value is -1.49. The van der Waals surface area contributed by atoms with Crippen molar-refractivity contribution in [3.05, 3.63) is 35.4 Å². The van der Waals surface area contributed by atoms with Gasteiger partial charge in [0.2, 0.25) is 0 Å². The molecule has 0 spiro atoms. The molecule has 1 aliphatic rings. The molecule has 104 valence electrons. The highest BCUT2D eigenvalue weighted by molar-refractivity contribution is 5.95. The average molecular weight is 268 g/mol. The van der Waals surface area contributed by atoms with E-state index in [2.05, 4.69) is 0 Å². The van der Waals surface area contributed by atoms with Gasteiger partial charge in [0.1, 0.15) is 11.6 Å². The summed E-state index contributed by atoms with van der Waals surface area (Å²) in [6.07, 6.45) is 1.60. The molecule has 1 amide bonds. The van der Waals surface area contributed by atoms with Gasteiger partial charge in [-0.25, -0.2) is 8.78 Å². The van der Waals surface area contributed by atoms with Crippen molar-refractivity contribution in [2.24, 2.45) is 5.73 Å². The minimum Gasteiger partial charge on any atom is -0.332 e. The van der Waals surface area contributed by atoms with Gasteiger partial charge < -0.3 is 10.6 Å². The van der Waals surface area contributed by atoms with E-state index in [0.29, 0.717) is 6.54 Å². The van der Waals surface area contributed by atoms with Crippen LogP contribution < -0.4 is 5.73 Å². The first-order valence-electron chi connectivity index (χ1n) is 6.34. The molecule has 0 aromatic heterocycles. The second kappa shape index (κ2) is 4.89. The Kier molecular flexibility index (Phi) is 3.58. The van der Waals surface area contributed by atoms with Gasteiger partial charge in [-0.1, -0.05) is 0 Å². The van der Waals surface area contributed by atoms with E-state index in [9.17, 15) is 13.6 Å². The molecule has 3 nitrogen and oxygen atoms in total. The fourth-order valence-corrected chi connectivity index (χ4v) is 2.41. The Morgan fingerprint density at radius 1 is 1.42 bits per heavy atom. The molecule has 19 heavy (non-hydrogen) atoms. The van der Waals surface area contributed by atoms with Gasteiger partial charge >= 0.3 is 0 Å². The van der Waals surface area contributed by atoms with Gasteiger partial charge in [0.05, 0.1) is 5.56 Å². The second-order valence-corrected chi connectivity index (χ2v) is 5.65. The van der Waals surface area contributed by atoms with Gasteiger partial charge in [0.25, 0.3) is 5.91 Å². The van der Waals surface area contributed by atoms with E-state index in [0.717, 1.165) is 25.0 Å². The molecule has 0 aliphatic carbocycles. The molecule has 0 saturated carbocycles. The zero-order chi connectivity index (χ0) is 14.2. The Morgan fingerprint density at radius 2 is 2.11 bits per heavy atom. The predicted octanol–water partition coefficient (Wildman–Crippen LogP) is 2.31. The van der Waals surface area contributed by atoms with Gasteiger partial charge in [-0.05, 0) is 38.8 Å². The van der Waals surface area contributed by atoms with Crippen LogP contribution in [0.25, 0.3) is 0 Å². The number of rotatable bonds is 1. The summed E-state index contributed by atoms with van der Waals surface area (Å²) < 4.78 is 26.6. The second-order valence-electron chi connectivity index (χ2n) is 5.65. The Labute approximate surface area is 111 Å². The third-order valence-electron chi connectivity index (χ3n) is 3.68. The Bertz CT molecular complexity index is 502. The average Bonchev–Trinajstić information content (AvgIpc) is 2.31. The van der Waals surface area contributed by atoms with Crippen LogP contribution in [0.3, 0.4) is 0 Å². The fourth-order valence-electron chi connectivity index (χ4n) is 2.41. The number of carbonyl (C=O) groups excluding carboxylic acids is 1. The maximum atomic E-state index is 13.7. The number of nitrogens with two attached hydrogens (primary N) is 1. The highest BCUT2D eigenvalue weighted by atomic mass is 19.1. The maximum absolute atomic E-state index is 13.7. The third kappa shape index (κ3) is 2.76. The highest BCUT2D eigenvalue weighted by Crippen LogP contribution is 2.29. The molecule has 1 heterocycles. The SMILES string of the molecule is CC1(C)CCC(N)CN1C(=O)c1ccc(F)cc1F. The van der Waals surface area contributed by atoms with Gasteiger partial charge in [0.15, 0.2) is 0 Å². The first-order chi connectivity index (χ1) is 8.81. The van der Waals surface area contributed by atoms with Crippen LogP contribution in [0.1, 0.15) is 37.0 Å².